The molecule has 0 aliphatic heterocycles. The molecular formula is C17H16FN3. The molecule has 4 heteroatoms. The molecule has 0 amide bonds. The molecule has 0 unspecified atom stereocenters. The van der Waals surface area contributed by atoms with Gasteiger partial charge in [-0.15, -0.1) is 0 Å². The van der Waals surface area contributed by atoms with E-state index >= 15 is 0 Å². The number of hydrogen-bond acceptors (Lipinski definition) is 2. The summed E-state index contributed by atoms with van der Waals surface area (Å²) in [6.45, 7) is 0.653. The van der Waals surface area contributed by atoms with Gasteiger partial charge in [-0.1, -0.05) is 24.3 Å². The van der Waals surface area contributed by atoms with Gasteiger partial charge in [0.2, 0.25) is 0 Å². The van der Waals surface area contributed by atoms with Crippen LogP contribution in [0.25, 0.3) is 5.69 Å². The van der Waals surface area contributed by atoms with Crippen molar-refractivity contribution in [3.05, 3.63) is 78.4 Å². The Morgan fingerprint density at radius 1 is 1.05 bits per heavy atom. The van der Waals surface area contributed by atoms with Crippen molar-refractivity contribution in [3.63, 3.8) is 0 Å². The molecule has 3 rings (SSSR count). The van der Waals surface area contributed by atoms with Crippen molar-refractivity contribution in [2.24, 2.45) is 0 Å². The van der Waals surface area contributed by atoms with Gasteiger partial charge in [-0.2, -0.15) is 5.10 Å². The van der Waals surface area contributed by atoms with Gasteiger partial charge in [0.15, 0.2) is 0 Å². The summed E-state index contributed by atoms with van der Waals surface area (Å²) in [5.41, 5.74) is 2.74. The lowest BCUT2D eigenvalue weighted by Crippen LogP contribution is -2.17. The Morgan fingerprint density at radius 3 is 2.48 bits per heavy atom. The first kappa shape index (κ1) is 13.4. The normalized spacial score (nSPS) is 10.6. The summed E-state index contributed by atoms with van der Waals surface area (Å²) >= 11 is 0. The van der Waals surface area contributed by atoms with E-state index in [0.717, 1.165) is 11.3 Å². The predicted octanol–water partition coefficient (Wildman–Crippen LogP) is 3.65. The Labute approximate surface area is 123 Å². The Hall–Kier alpha value is -2.62. The first-order valence-electron chi connectivity index (χ1n) is 6.78. The molecule has 0 spiro atoms. The van der Waals surface area contributed by atoms with Crippen molar-refractivity contribution in [1.82, 2.24) is 9.78 Å². The van der Waals surface area contributed by atoms with E-state index in [0.29, 0.717) is 12.2 Å². The zero-order chi connectivity index (χ0) is 14.7. The summed E-state index contributed by atoms with van der Waals surface area (Å²) in [7, 11) is 1.89. The second-order valence-electron chi connectivity index (χ2n) is 4.92. The van der Waals surface area contributed by atoms with Crippen LogP contribution in [0, 0.1) is 5.82 Å². The van der Waals surface area contributed by atoms with Crippen molar-refractivity contribution in [2.45, 2.75) is 6.54 Å². The van der Waals surface area contributed by atoms with E-state index in [2.05, 4.69) is 5.10 Å². The van der Waals surface area contributed by atoms with Gasteiger partial charge in [-0.3, -0.25) is 0 Å². The SMILES string of the molecule is CN(Cc1ccc(-n2cccn2)cc1)c1ccccc1F. The highest BCUT2D eigenvalue weighted by atomic mass is 19.1. The lowest BCUT2D eigenvalue weighted by Gasteiger charge is -2.20. The van der Waals surface area contributed by atoms with Crippen LogP contribution in [0.1, 0.15) is 5.56 Å². The van der Waals surface area contributed by atoms with Crippen LogP contribution >= 0.6 is 0 Å². The third kappa shape index (κ3) is 2.94. The molecule has 0 N–H and O–H groups in total. The second kappa shape index (κ2) is 5.79. The summed E-state index contributed by atoms with van der Waals surface area (Å²) in [5, 5.41) is 4.19. The molecule has 0 saturated carbocycles. The molecule has 3 aromatic rings. The van der Waals surface area contributed by atoms with Crippen LogP contribution in [-0.4, -0.2) is 16.8 Å². The summed E-state index contributed by atoms with van der Waals surface area (Å²) < 4.78 is 15.5. The maximum Gasteiger partial charge on any atom is 0.146 e. The number of hydrogen-bond donors (Lipinski definition) is 0. The average molecular weight is 281 g/mol. The van der Waals surface area contributed by atoms with E-state index < -0.39 is 0 Å². The van der Waals surface area contributed by atoms with Gasteiger partial charge in [0.25, 0.3) is 0 Å². The van der Waals surface area contributed by atoms with Crippen LogP contribution in [0.3, 0.4) is 0 Å². The number of benzene rings is 2. The van der Waals surface area contributed by atoms with E-state index in [1.54, 1.807) is 18.3 Å². The van der Waals surface area contributed by atoms with E-state index in [9.17, 15) is 4.39 Å². The van der Waals surface area contributed by atoms with Crippen LogP contribution in [0.15, 0.2) is 67.0 Å². The molecule has 0 fully saturated rings. The minimum absolute atomic E-state index is 0.201. The number of rotatable bonds is 4. The lowest BCUT2D eigenvalue weighted by atomic mass is 10.2. The molecule has 3 nitrogen and oxygen atoms in total. The second-order valence-corrected chi connectivity index (χ2v) is 4.92. The van der Waals surface area contributed by atoms with Crippen LogP contribution in [0.5, 0.6) is 0 Å². The summed E-state index contributed by atoms with van der Waals surface area (Å²) in [6, 6.07) is 16.8. The minimum Gasteiger partial charge on any atom is -0.368 e. The van der Waals surface area contributed by atoms with Gasteiger partial charge in [0.1, 0.15) is 5.82 Å². The molecule has 106 valence electrons. The van der Waals surface area contributed by atoms with Gasteiger partial charge >= 0.3 is 0 Å². The maximum atomic E-state index is 13.7. The molecular weight excluding hydrogens is 265 g/mol. The van der Waals surface area contributed by atoms with Crippen molar-refractivity contribution < 1.29 is 4.39 Å². The Morgan fingerprint density at radius 2 is 1.81 bits per heavy atom. The summed E-state index contributed by atoms with van der Waals surface area (Å²) in [4.78, 5) is 1.90. The molecule has 1 heterocycles. The fourth-order valence-electron chi connectivity index (χ4n) is 2.30. The molecule has 2 aromatic carbocycles. The van der Waals surface area contributed by atoms with Crippen LogP contribution in [0.4, 0.5) is 10.1 Å². The molecule has 0 aliphatic carbocycles. The van der Waals surface area contributed by atoms with Crippen molar-refractivity contribution in [2.75, 3.05) is 11.9 Å². The highest BCUT2D eigenvalue weighted by molar-refractivity contribution is 5.47. The zero-order valence-electron chi connectivity index (χ0n) is 11.8. The Bertz CT molecular complexity index is 705. The summed E-state index contributed by atoms with van der Waals surface area (Å²) in [6.07, 6.45) is 3.65. The molecule has 1 aromatic heterocycles. The fourth-order valence-corrected chi connectivity index (χ4v) is 2.30. The quantitative estimate of drug-likeness (QED) is 0.728. The van der Waals surface area contributed by atoms with Gasteiger partial charge in [0.05, 0.1) is 11.4 Å². The predicted molar refractivity (Wildman–Crippen MR) is 82.1 cm³/mol. The van der Waals surface area contributed by atoms with Crippen LogP contribution < -0.4 is 4.90 Å². The summed E-state index contributed by atoms with van der Waals surface area (Å²) in [5.74, 6) is -0.201. The first-order valence-corrected chi connectivity index (χ1v) is 6.78. The first-order chi connectivity index (χ1) is 10.2. The number of halogens is 1. The highest BCUT2D eigenvalue weighted by Gasteiger charge is 2.07. The van der Waals surface area contributed by atoms with E-state index in [4.69, 9.17) is 0 Å². The van der Waals surface area contributed by atoms with Gasteiger partial charge in [0, 0.05) is 26.0 Å². The molecule has 0 atom stereocenters. The molecule has 0 bridgehead atoms. The third-order valence-electron chi connectivity index (χ3n) is 3.39. The monoisotopic (exact) mass is 281 g/mol. The number of nitrogens with zero attached hydrogens (tertiary/aromatic N) is 3. The largest absolute Gasteiger partial charge is 0.368 e. The Balaban J connectivity index is 1.75. The standard InChI is InChI=1S/C17H16FN3/c1-20(17-6-3-2-5-16(17)18)13-14-7-9-15(10-8-14)21-12-4-11-19-21/h2-12H,13H2,1H3. The van der Waals surface area contributed by atoms with E-state index in [-0.39, 0.29) is 5.82 Å². The third-order valence-corrected chi connectivity index (χ3v) is 3.39. The maximum absolute atomic E-state index is 13.7. The van der Waals surface area contributed by atoms with Gasteiger partial charge in [-0.25, -0.2) is 9.07 Å². The Kier molecular flexibility index (Phi) is 3.69. The van der Waals surface area contributed by atoms with Gasteiger partial charge in [-0.05, 0) is 35.9 Å². The zero-order valence-corrected chi connectivity index (χ0v) is 11.8. The van der Waals surface area contributed by atoms with Crippen molar-refractivity contribution in [1.29, 1.82) is 0 Å². The molecule has 21 heavy (non-hydrogen) atoms. The van der Waals surface area contributed by atoms with E-state index in [1.165, 1.54) is 6.07 Å². The fraction of sp³-hybridized carbons (Fsp3) is 0.118. The van der Waals surface area contributed by atoms with Crippen LogP contribution in [0.2, 0.25) is 0 Å². The average Bonchev–Trinajstić information content (AvgIpc) is 3.02. The number of aromatic nitrogens is 2. The topological polar surface area (TPSA) is 21.1 Å². The highest BCUT2D eigenvalue weighted by Crippen LogP contribution is 2.19. The van der Waals surface area contributed by atoms with E-state index in [1.807, 2.05) is 59.2 Å². The minimum atomic E-state index is -0.201. The molecule has 0 saturated heterocycles. The smallest absolute Gasteiger partial charge is 0.146 e. The number of anilines is 1. The van der Waals surface area contributed by atoms with Crippen molar-refractivity contribution >= 4 is 5.69 Å². The number of para-hydroxylation sites is 1. The lowest BCUT2D eigenvalue weighted by molar-refractivity contribution is 0.622. The van der Waals surface area contributed by atoms with Crippen molar-refractivity contribution in [3.8, 4) is 5.69 Å². The van der Waals surface area contributed by atoms with Crippen LogP contribution in [-0.2, 0) is 6.54 Å². The molecule has 0 radical (unpaired) electrons. The van der Waals surface area contributed by atoms with Gasteiger partial charge < -0.3 is 4.90 Å². The molecule has 0 aliphatic rings.